The van der Waals surface area contributed by atoms with E-state index in [9.17, 15) is 14.0 Å². The van der Waals surface area contributed by atoms with Gasteiger partial charge in [0.25, 0.3) is 0 Å². The fourth-order valence-corrected chi connectivity index (χ4v) is 2.31. The molecule has 0 saturated heterocycles. The fraction of sp³-hybridized carbons (Fsp3) is 0.263. The average Bonchev–Trinajstić information content (AvgIpc) is 2.58. The summed E-state index contributed by atoms with van der Waals surface area (Å²) in [5.74, 6) is -0.634. The van der Waals surface area contributed by atoms with Crippen LogP contribution in [0.25, 0.3) is 0 Å². The van der Waals surface area contributed by atoms with Crippen LogP contribution in [0.15, 0.2) is 54.6 Å². The maximum absolute atomic E-state index is 13.5. The molecule has 2 aromatic carbocycles. The molecule has 0 atom stereocenters. The van der Waals surface area contributed by atoms with Gasteiger partial charge in [0.15, 0.2) is 0 Å². The van der Waals surface area contributed by atoms with Crippen LogP contribution in [-0.4, -0.2) is 23.3 Å². The van der Waals surface area contributed by atoms with Crippen LogP contribution in [-0.2, 0) is 22.7 Å². The van der Waals surface area contributed by atoms with Crippen molar-refractivity contribution >= 4 is 11.8 Å². The molecule has 2 amide bonds. The van der Waals surface area contributed by atoms with Crippen molar-refractivity contribution in [2.75, 3.05) is 6.54 Å². The molecule has 0 spiro atoms. The van der Waals surface area contributed by atoms with E-state index < -0.39 is 0 Å². The first-order valence-corrected chi connectivity index (χ1v) is 7.86. The Bertz CT molecular complexity index is 689. The van der Waals surface area contributed by atoms with E-state index >= 15 is 0 Å². The van der Waals surface area contributed by atoms with E-state index in [4.69, 9.17) is 0 Å². The van der Waals surface area contributed by atoms with Crippen LogP contribution >= 0.6 is 0 Å². The summed E-state index contributed by atoms with van der Waals surface area (Å²) >= 11 is 0. The van der Waals surface area contributed by atoms with Gasteiger partial charge in [-0.15, -0.1) is 0 Å². The molecule has 0 radical (unpaired) electrons. The van der Waals surface area contributed by atoms with Crippen molar-refractivity contribution in [3.63, 3.8) is 0 Å². The lowest BCUT2D eigenvalue weighted by Gasteiger charge is -2.21. The van der Waals surface area contributed by atoms with E-state index in [-0.39, 0.29) is 30.6 Å². The SMILES string of the molecule is CC(=O)N(CCC(=O)NCc1ccccc1F)Cc1ccccc1. The third-order valence-corrected chi connectivity index (χ3v) is 3.70. The summed E-state index contributed by atoms with van der Waals surface area (Å²) in [5.41, 5.74) is 1.46. The minimum atomic E-state index is -0.341. The molecule has 0 saturated carbocycles. The van der Waals surface area contributed by atoms with Gasteiger partial charge < -0.3 is 10.2 Å². The zero-order valence-electron chi connectivity index (χ0n) is 13.7. The van der Waals surface area contributed by atoms with Gasteiger partial charge in [-0.05, 0) is 11.6 Å². The molecule has 0 aromatic heterocycles. The topological polar surface area (TPSA) is 49.4 Å². The van der Waals surface area contributed by atoms with Crippen molar-refractivity contribution in [3.05, 3.63) is 71.5 Å². The zero-order valence-corrected chi connectivity index (χ0v) is 13.7. The molecular formula is C19H21FN2O2. The number of amides is 2. The summed E-state index contributed by atoms with van der Waals surface area (Å²) in [7, 11) is 0. The highest BCUT2D eigenvalue weighted by molar-refractivity contribution is 5.78. The molecule has 0 bridgehead atoms. The Morgan fingerprint density at radius 1 is 1.04 bits per heavy atom. The van der Waals surface area contributed by atoms with Crippen molar-refractivity contribution in [1.82, 2.24) is 10.2 Å². The zero-order chi connectivity index (χ0) is 17.4. The Morgan fingerprint density at radius 3 is 2.38 bits per heavy atom. The molecule has 2 aromatic rings. The van der Waals surface area contributed by atoms with Crippen LogP contribution in [0.2, 0.25) is 0 Å². The van der Waals surface area contributed by atoms with Crippen molar-refractivity contribution < 1.29 is 14.0 Å². The standard InChI is InChI=1S/C19H21FN2O2/c1-15(23)22(14-16-7-3-2-4-8-16)12-11-19(24)21-13-17-9-5-6-10-18(17)20/h2-10H,11-14H2,1H3,(H,21,24). The summed E-state index contributed by atoms with van der Waals surface area (Å²) in [4.78, 5) is 25.3. The van der Waals surface area contributed by atoms with E-state index in [1.807, 2.05) is 30.3 Å². The number of carbonyl (C=O) groups is 2. The number of rotatable bonds is 7. The van der Waals surface area contributed by atoms with Gasteiger partial charge in [0.05, 0.1) is 0 Å². The molecule has 4 nitrogen and oxygen atoms in total. The normalized spacial score (nSPS) is 10.2. The molecule has 0 unspecified atom stereocenters. The second-order valence-corrected chi connectivity index (χ2v) is 5.54. The number of carbonyl (C=O) groups excluding carboxylic acids is 2. The average molecular weight is 328 g/mol. The minimum Gasteiger partial charge on any atom is -0.352 e. The smallest absolute Gasteiger partial charge is 0.222 e. The molecule has 1 N–H and O–H groups in total. The second-order valence-electron chi connectivity index (χ2n) is 5.54. The van der Waals surface area contributed by atoms with Crippen LogP contribution in [0.4, 0.5) is 4.39 Å². The lowest BCUT2D eigenvalue weighted by atomic mass is 10.2. The Kier molecular flexibility index (Phi) is 6.49. The highest BCUT2D eigenvalue weighted by Gasteiger charge is 2.12. The third-order valence-electron chi connectivity index (χ3n) is 3.70. The Hall–Kier alpha value is -2.69. The monoisotopic (exact) mass is 328 g/mol. The van der Waals surface area contributed by atoms with Crippen LogP contribution in [0, 0.1) is 5.82 Å². The lowest BCUT2D eigenvalue weighted by Crippen LogP contribution is -2.33. The first-order chi connectivity index (χ1) is 11.6. The Labute approximate surface area is 141 Å². The fourth-order valence-electron chi connectivity index (χ4n) is 2.31. The van der Waals surface area contributed by atoms with E-state index in [1.54, 1.807) is 23.1 Å². The predicted octanol–water partition coefficient (Wildman–Crippen LogP) is 2.88. The van der Waals surface area contributed by atoms with Gasteiger partial charge in [-0.3, -0.25) is 9.59 Å². The Balaban J connectivity index is 1.82. The van der Waals surface area contributed by atoms with Gasteiger partial charge in [-0.25, -0.2) is 4.39 Å². The third kappa shape index (κ3) is 5.50. The highest BCUT2D eigenvalue weighted by Crippen LogP contribution is 2.07. The highest BCUT2D eigenvalue weighted by atomic mass is 19.1. The van der Waals surface area contributed by atoms with Crippen LogP contribution in [0.1, 0.15) is 24.5 Å². The van der Waals surface area contributed by atoms with E-state index in [1.165, 1.54) is 13.0 Å². The van der Waals surface area contributed by atoms with Gasteiger partial charge >= 0.3 is 0 Å². The number of benzene rings is 2. The van der Waals surface area contributed by atoms with Gasteiger partial charge in [-0.2, -0.15) is 0 Å². The summed E-state index contributed by atoms with van der Waals surface area (Å²) in [6.45, 7) is 2.43. The summed E-state index contributed by atoms with van der Waals surface area (Å²) in [6, 6.07) is 15.9. The number of halogens is 1. The molecule has 0 aliphatic carbocycles. The predicted molar refractivity (Wildman–Crippen MR) is 90.4 cm³/mol. The lowest BCUT2D eigenvalue weighted by molar-refractivity contribution is -0.130. The first kappa shape index (κ1) is 17.7. The van der Waals surface area contributed by atoms with Crippen molar-refractivity contribution in [1.29, 1.82) is 0 Å². The summed E-state index contributed by atoms with van der Waals surface area (Å²) in [6.07, 6.45) is 0.181. The summed E-state index contributed by atoms with van der Waals surface area (Å²) in [5, 5.41) is 2.68. The number of nitrogens with zero attached hydrogens (tertiary/aromatic N) is 1. The Morgan fingerprint density at radius 2 is 1.71 bits per heavy atom. The molecule has 5 heteroatoms. The molecule has 0 fully saturated rings. The van der Waals surface area contributed by atoms with Gasteiger partial charge in [0.1, 0.15) is 5.82 Å². The van der Waals surface area contributed by atoms with E-state index in [2.05, 4.69) is 5.32 Å². The van der Waals surface area contributed by atoms with Gasteiger partial charge in [0.2, 0.25) is 11.8 Å². The molecule has 126 valence electrons. The quantitative estimate of drug-likeness (QED) is 0.850. The molecule has 0 heterocycles. The molecule has 2 rings (SSSR count). The van der Waals surface area contributed by atoms with E-state index in [0.717, 1.165) is 5.56 Å². The van der Waals surface area contributed by atoms with Crippen LogP contribution < -0.4 is 5.32 Å². The first-order valence-electron chi connectivity index (χ1n) is 7.86. The number of hydrogen-bond donors (Lipinski definition) is 1. The van der Waals surface area contributed by atoms with Crippen LogP contribution in [0.3, 0.4) is 0 Å². The minimum absolute atomic E-state index is 0.0826. The summed E-state index contributed by atoms with van der Waals surface area (Å²) < 4.78 is 13.5. The maximum Gasteiger partial charge on any atom is 0.222 e. The molecular weight excluding hydrogens is 307 g/mol. The molecule has 0 aliphatic heterocycles. The maximum atomic E-state index is 13.5. The van der Waals surface area contributed by atoms with Gasteiger partial charge in [0, 0.05) is 38.5 Å². The number of hydrogen-bond acceptors (Lipinski definition) is 2. The largest absolute Gasteiger partial charge is 0.352 e. The second kappa shape index (κ2) is 8.82. The van der Waals surface area contributed by atoms with Crippen molar-refractivity contribution in [2.24, 2.45) is 0 Å². The molecule has 24 heavy (non-hydrogen) atoms. The molecule has 0 aliphatic rings. The van der Waals surface area contributed by atoms with Crippen LogP contribution in [0.5, 0.6) is 0 Å². The number of nitrogens with one attached hydrogen (secondary N) is 1. The van der Waals surface area contributed by atoms with Crippen molar-refractivity contribution in [2.45, 2.75) is 26.4 Å². The van der Waals surface area contributed by atoms with Gasteiger partial charge in [-0.1, -0.05) is 48.5 Å². The van der Waals surface area contributed by atoms with Crippen molar-refractivity contribution in [3.8, 4) is 0 Å². The van der Waals surface area contributed by atoms with E-state index in [0.29, 0.717) is 18.7 Å².